The predicted octanol–water partition coefficient (Wildman–Crippen LogP) is 4.25. The van der Waals surface area contributed by atoms with Crippen LogP contribution in [0, 0.1) is 17.7 Å². The number of hydrogen-bond acceptors (Lipinski definition) is 6. The van der Waals surface area contributed by atoms with Crippen molar-refractivity contribution in [2.75, 3.05) is 39.9 Å². The molecule has 7 nitrogen and oxygen atoms in total. The van der Waals surface area contributed by atoms with E-state index in [-0.39, 0.29) is 24.0 Å². The minimum absolute atomic E-state index is 0.0591. The van der Waals surface area contributed by atoms with Crippen LogP contribution in [0.1, 0.15) is 41.1 Å². The number of ether oxygens (including phenoxy) is 2. The summed E-state index contributed by atoms with van der Waals surface area (Å²) in [6, 6.07) is 8.34. The van der Waals surface area contributed by atoms with Crippen LogP contribution >= 0.6 is 0 Å². The van der Waals surface area contributed by atoms with Crippen molar-refractivity contribution in [3.63, 3.8) is 0 Å². The van der Waals surface area contributed by atoms with Gasteiger partial charge in [-0.3, -0.25) is 9.69 Å². The minimum atomic E-state index is -3.81. The van der Waals surface area contributed by atoms with Crippen LogP contribution in [0.2, 0.25) is 0 Å². The molecule has 37 heavy (non-hydrogen) atoms. The third kappa shape index (κ3) is 6.57. The standard InChI is InChI=1S/C26H29F4N3O4/c1-36-24(34)19-4-7-23(31-15-19)37-13-12-32-10-8-17(9-11-32)16-33(30)25(35)26(28,29)22-14-21(22)18-2-5-20(27)6-3-18/h2-7,15,17,21-22H,8-14,16H2,1H3. The van der Waals surface area contributed by atoms with Gasteiger partial charge in [-0.2, -0.15) is 13.9 Å². The number of halogens is 4. The summed E-state index contributed by atoms with van der Waals surface area (Å²) in [5.74, 6) is -8.29. The fraction of sp³-hybridized carbons (Fsp3) is 0.500. The molecule has 200 valence electrons. The largest absolute Gasteiger partial charge is 0.476 e. The molecule has 1 aliphatic heterocycles. The Morgan fingerprint density at radius 1 is 1.14 bits per heavy atom. The zero-order valence-corrected chi connectivity index (χ0v) is 20.4. The van der Waals surface area contributed by atoms with Crippen LogP contribution in [-0.2, 0) is 9.53 Å². The number of nitrogens with zero attached hydrogens (tertiary/aromatic N) is 3. The van der Waals surface area contributed by atoms with Crippen molar-refractivity contribution in [3.8, 4) is 5.88 Å². The maximum absolute atomic E-state index is 14.7. The summed E-state index contributed by atoms with van der Waals surface area (Å²) in [5, 5.41) is -0.326. The maximum Gasteiger partial charge on any atom is 0.339 e. The van der Waals surface area contributed by atoms with Gasteiger partial charge < -0.3 is 9.47 Å². The Labute approximate surface area is 212 Å². The quantitative estimate of drug-likeness (QED) is 0.264. The zero-order chi connectivity index (χ0) is 26.6. The summed E-state index contributed by atoms with van der Waals surface area (Å²) < 4.78 is 67.2. The fourth-order valence-corrected chi connectivity index (χ4v) is 4.68. The maximum atomic E-state index is 14.7. The summed E-state index contributed by atoms with van der Waals surface area (Å²) in [5.41, 5.74) is 0.842. The van der Waals surface area contributed by atoms with Crippen LogP contribution in [0.3, 0.4) is 0 Å². The van der Waals surface area contributed by atoms with Gasteiger partial charge in [0, 0.05) is 24.7 Å². The van der Waals surface area contributed by atoms with Gasteiger partial charge >= 0.3 is 17.8 Å². The molecule has 0 radical (unpaired) electrons. The van der Waals surface area contributed by atoms with E-state index in [1.807, 2.05) is 0 Å². The molecule has 0 N–H and O–H groups in total. The van der Waals surface area contributed by atoms with Crippen molar-refractivity contribution >= 4 is 11.9 Å². The number of methoxy groups -OCH3 is 1. The highest BCUT2D eigenvalue weighted by Gasteiger charge is 2.61. The topological polar surface area (TPSA) is 72.0 Å². The SMILES string of the molecule is COC(=O)c1ccc(OCCN2CCC(CN(F)C(=O)C(F)(F)C3CC3c3ccc(F)cc3)CC2)nc1. The molecule has 1 aromatic heterocycles. The van der Waals surface area contributed by atoms with E-state index in [9.17, 15) is 27.2 Å². The van der Waals surface area contributed by atoms with E-state index < -0.39 is 35.5 Å². The lowest BCUT2D eigenvalue weighted by Gasteiger charge is -2.33. The average molecular weight is 524 g/mol. The molecule has 1 amide bonds. The van der Waals surface area contributed by atoms with Crippen LogP contribution in [-0.4, -0.2) is 72.7 Å². The number of carbonyl (C=O) groups is 2. The van der Waals surface area contributed by atoms with Crippen molar-refractivity contribution < 1.29 is 36.7 Å². The van der Waals surface area contributed by atoms with Gasteiger partial charge in [0.15, 0.2) is 0 Å². The Morgan fingerprint density at radius 3 is 2.46 bits per heavy atom. The Hall–Kier alpha value is -3.21. The molecule has 0 spiro atoms. The molecule has 1 aliphatic carbocycles. The van der Waals surface area contributed by atoms with Crippen molar-refractivity contribution in [1.82, 2.24) is 15.0 Å². The van der Waals surface area contributed by atoms with Gasteiger partial charge in [-0.25, -0.2) is 14.2 Å². The molecule has 2 aromatic rings. The molecule has 1 saturated carbocycles. The van der Waals surface area contributed by atoms with Crippen LogP contribution < -0.4 is 4.74 Å². The number of aromatic nitrogens is 1. The number of hydrogen-bond donors (Lipinski definition) is 0. The number of pyridine rings is 1. The number of amides is 1. The number of likely N-dealkylation sites (tertiary alicyclic amines) is 1. The van der Waals surface area contributed by atoms with Gasteiger partial charge in [0.25, 0.3) is 0 Å². The molecule has 2 aliphatic rings. The third-order valence-electron chi connectivity index (χ3n) is 7.00. The Balaban J connectivity index is 1.17. The third-order valence-corrected chi connectivity index (χ3v) is 7.00. The van der Waals surface area contributed by atoms with E-state index in [1.54, 1.807) is 12.1 Å². The van der Waals surface area contributed by atoms with Gasteiger partial charge in [0.1, 0.15) is 12.4 Å². The number of benzene rings is 1. The first-order valence-electron chi connectivity index (χ1n) is 12.2. The van der Waals surface area contributed by atoms with E-state index in [4.69, 9.17) is 4.74 Å². The van der Waals surface area contributed by atoms with Crippen molar-refractivity contribution in [2.45, 2.75) is 31.1 Å². The van der Waals surface area contributed by atoms with Crippen LogP contribution in [0.5, 0.6) is 5.88 Å². The van der Waals surface area contributed by atoms with E-state index in [0.29, 0.717) is 56.1 Å². The first kappa shape index (κ1) is 26.8. The Morgan fingerprint density at radius 2 is 1.84 bits per heavy atom. The lowest BCUT2D eigenvalue weighted by Crippen LogP contribution is -2.45. The Kier molecular flexibility index (Phi) is 8.31. The second-order valence-electron chi connectivity index (χ2n) is 9.48. The second kappa shape index (κ2) is 11.5. The number of alkyl halides is 2. The summed E-state index contributed by atoms with van der Waals surface area (Å²) in [6.45, 7) is 1.82. The number of rotatable bonds is 10. The van der Waals surface area contributed by atoms with Crippen molar-refractivity contribution in [3.05, 3.63) is 59.5 Å². The molecule has 2 fully saturated rings. The average Bonchev–Trinajstić information content (AvgIpc) is 3.71. The molecular formula is C26H29F4N3O4. The molecule has 4 rings (SSSR count). The predicted molar refractivity (Wildman–Crippen MR) is 125 cm³/mol. The minimum Gasteiger partial charge on any atom is -0.476 e. The summed E-state index contributed by atoms with van der Waals surface area (Å²) >= 11 is 0. The normalized spacial score (nSPS) is 20.4. The van der Waals surface area contributed by atoms with Gasteiger partial charge in [0.05, 0.1) is 19.2 Å². The number of esters is 1. The highest BCUT2D eigenvalue weighted by atomic mass is 19.3. The van der Waals surface area contributed by atoms with E-state index in [0.717, 1.165) is 0 Å². The molecule has 2 heterocycles. The highest BCUT2D eigenvalue weighted by Crippen LogP contribution is 2.56. The molecule has 2 unspecified atom stereocenters. The molecule has 1 aromatic carbocycles. The van der Waals surface area contributed by atoms with Crippen molar-refractivity contribution in [2.24, 2.45) is 11.8 Å². The monoisotopic (exact) mass is 523 g/mol. The number of carbonyl (C=O) groups excluding carboxylic acids is 2. The second-order valence-corrected chi connectivity index (χ2v) is 9.48. The van der Waals surface area contributed by atoms with Crippen LogP contribution in [0.15, 0.2) is 42.6 Å². The fourth-order valence-electron chi connectivity index (χ4n) is 4.68. The lowest BCUT2D eigenvalue weighted by atomic mass is 9.96. The summed E-state index contributed by atoms with van der Waals surface area (Å²) in [6.07, 6.45) is 2.55. The van der Waals surface area contributed by atoms with E-state index in [2.05, 4.69) is 14.6 Å². The van der Waals surface area contributed by atoms with E-state index in [1.165, 1.54) is 37.6 Å². The molecule has 11 heteroatoms. The van der Waals surface area contributed by atoms with Gasteiger partial charge in [0.2, 0.25) is 5.88 Å². The molecular weight excluding hydrogens is 494 g/mol. The number of piperidine rings is 1. The first-order chi connectivity index (χ1) is 17.7. The van der Waals surface area contributed by atoms with Gasteiger partial charge in [-0.1, -0.05) is 16.6 Å². The Bertz CT molecular complexity index is 1080. The van der Waals surface area contributed by atoms with E-state index >= 15 is 0 Å². The van der Waals surface area contributed by atoms with Crippen LogP contribution in [0.25, 0.3) is 0 Å². The first-order valence-corrected chi connectivity index (χ1v) is 12.2. The lowest BCUT2D eigenvalue weighted by molar-refractivity contribution is -0.178. The smallest absolute Gasteiger partial charge is 0.339 e. The van der Waals surface area contributed by atoms with Crippen molar-refractivity contribution in [1.29, 1.82) is 0 Å². The summed E-state index contributed by atoms with van der Waals surface area (Å²) in [7, 11) is 1.29. The highest BCUT2D eigenvalue weighted by molar-refractivity contribution is 5.88. The molecule has 1 saturated heterocycles. The summed E-state index contributed by atoms with van der Waals surface area (Å²) in [4.78, 5) is 29.8. The zero-order valence-electron chi connectivity index (χ0n) is 20.4. The molecule has 2 atom stereocenters. The molecule has 0 bridgehead atoms. The van der Waals surface area contributed by atoms with Crippen LogP contribution in [0.4, 0.5) is 17.7 Å². The van der Waals surface area contributed by atoms with Gasteiger partial charge in [-0.15, -0.1) is 0 Å². The van der Waals surface area contributed by atoms with Gasteiger partial charge in [-0.05, 0) is 68.0 Å².